The maximum atomic E-state index is 12.5. The molecule has 2 atom stereocenters. The number of carbonyl (C=O) groups is 1. The van der Waals surface area contributed by atoms with E-state index in [9.17, 15) is 15.0 Å². The number of unbranched alkanes of at least 4 members (excludes halogenated alkanes) is 36. The molecule has 0 aliphatic rings. The van der Waals surface area contributed by atoms with Crippen LogP contribution in [0.2, 0.25) is 0 Å². The minimum absolute atomic E-state index is 0.0780. The van der Waals surface area contributed by atoms with E-state index in [4.69, 9.17) is 0 Å². The third-order valence-electron chi connectivity index (χ3n) is 14.5. The summed E-state index contributed by atoms with van der Waals surface area (Å²) in [7, 11) is 0. The van der Waals surface area contributed by atoms with Gasteiger partial charge in [-0.05, 0) is 96.3 Å². The number of nitrogens with one attached hydrogen (secondary N) is 1. The van der Waals surface area contributed by atoms with Crippen LogP contribution in [0, 0.1) is 0 Å². The molecule has 75 heavy (non-hydrogen) atoms. The van der Waals surface area contributed by atoms with Gasteiger partial charge in [0.1, 0.15) is 0 Å². The van der Waals surface area contributed by atoms with Crippen LogP contribution in [-0.2, 0) is 4.79 Å². The molecule has 0 fully saturated rings. The molecule has 0 rings (SSSR count). The number of allylic oxidation sites excluding steroid dienone is 17. The van der Waals surface area contributed by atoms with E-state index >= 15 is 0 Å². The monoisotopic (exact) mass is 1040 g/mol. The van der Waals surface area contributed by atoms with Crippen LogP contribution in [0.4, 0.5) is 0 Å². The van der Waals surface area contributed by atoms with E-state index in [1.54, 1.807) is 6.08 Å². The quantitative estimate of drug-likeness (QED) is 0.0420. The van der Waals surface area contributed by atoms with Gasteiger partial charge in [-0.15, -0.1) is 0 Å². The fourth-order valence-corrected chi connectivity index (χ4v) is 9.57. The zero-order valence-corrected chi connectivity index (χ0v) is 49.8. The van der Waals surface area contributed by atoms with Crippen molar-refractivity contribution in [3.8, 4) is 0 Å². The van der Waals surface area contributed by atoms with Gasteiger partial charge in [0.25, 0.3) is 0 Å². The molecule has 4 nitrogen and oxygen atoms in total. The number of aliphatic hydroxyl groups excluding tert-OH is 2. The van der Waals surface area contributed by atoms with Crippen LogP contribution in [0.1, 0.15) is 316 Å². The average Bonchev–Trinajstić information content (AvgIpc) is 3.41. The second-order valence-electron chi connectivity index (χ2n) is 21.8. The first-order valence-corrected chi connectivity index (χ1v) is 32.6. The van der Waals surface area contributed by atoms with Gasteiger partial charge in [0.2, 0.25) is 5.91 Å². The number of amides is 1. The zero-order chi connectivity index (χ0) is 54.1. The van der Waals surface area contributed by atoms with Gasteiger partial charge in [-0.3, -0.25) is 4.79 Å². The molecule has 0 aromatic rings. The summed E-state index contributed by atoms with van der Waals surface area (Å²) in [6.07, 6.45) is 98.6. The van der Waals surface area contributed by atoms with E-state index < -0.39 is 12.1 Å². The molecule has 0 aromatic carbocycles. The molecule has 0 saturated carbocycles. The maximum absolute atomic E-state index is 12.5. The molecule has 2 unspecified atom stereocenters. The van der Waals surface area contributed by atoms with Crippen LogP contribution in [0.15, 0.2) is 109 Å². The van der Waals surface area contributed by atoms with E-state index in [-0.39, 0.29) is 12.5 Å². The highest BCUT2D eigenvalue weighted by Gasteiger charge is 2.18. The van der Waals surface area contributed by atoms with Crippen molar-refractivity contribution in [2.45, 2.75) is 328 Å². The Hall–Kier alpha value is -2.95. The van der Waals surface area contributed by atoms with Crippen molar-refractivity contribution >= 4 is 5.91 Å². The first-order valence-electron chi connectivity index (χ1n) is 32.6. The Morgan fingerprint density at radius 1 is 0.333 bits per heavy atom. The number of aliphatic hydroxyl groups is 2. The normalized spacial score (nSPS) is 13.5. The summed E-state index contributed by atoms with van der Waals surface area (Å²) in [5.41, 5.74) is 0. The molecular formula is C71H125NO3. The van der Waals surface area contributed by atoms with Crippen molar-refractivity contribution < 1.29 is 15.0 Å². The van der Waals surface area contributed by atoms with Crippen molar-refractivity contribution in [2.24, 2.45) is 0 Å². The van der Waals surface area contributed by atoms with E-state index in [0.717, 1.165) is 77.0 Å². The molecule has 0 heterocycles. The third kappa shape index (κ3) is 61.8. The molecular weight excluding hydrogens is 915 g/mol. The van der Waals surface area contributed by atoms with Crippen LogP contribution >= 0.6 is 0 Å². The van der Waals surface area contributed by atoms with Crippen molar-refractivity contribution in [3.63, 3.8) is 0 Å². The minimum Gasteiger partial charge on any atom is -0.394 e. The Morgan fingerprint density at radius 3 is 0.933 bits per heavy atom. The Labute approximate surface area is 467 Å². The lowest BCUT2D eigenvalue weighted by molar-refractivity contribution is -0.123. The molecule has 3 N–H and O–H groups in total. The summed E-state index contributed by atoms with van der Waals surface area (Å²) in [6, 6.07) is -0.653. The summed E-state index contributed by atoms with van der Waals surface area (Å²) in [5, 5.41) is 23.2. The first kappa shape index (κ1) is 72.0. The summed E-state index contributed by atoms with van der Waals surface area (Å²) < 4.78 is 0. The van der Waals surface area contributed by atoms with Gasteiger partial charge in [-0.25, -0.2) is 0 Å². The highest BCUT2D eigenvalue weighted by Crippen LogP contribution is 2.17. The lowest BCUT2D eigenvalue weighted by atomic mass is 10.0. The van der Waals surface area contributed by atoms with Crippen molar-refractivity contribution in [2.75, 3.05) is 6.61 Å². The molecule has 0 bridgehead atoms. The molecule has 432 valence electrons. The second-order valence-corrected chi connectivity index (χ2v) is 21.8. The van der Waals surface area contributed by atoms with Gasteiger partial charge in [0.15, 0.2) is 0 Å². The Kier molecular flexibility index (Phi) is 62.8. The molecule has 0 aromatic heterocycles. The van der Waals surface area contributed by atoms with E-state index in [1.165, 1.54) is 218 Å². The Balaban J connectivity index is 3.55. The first-order chi connectivity index (χ1) is 37.2. The van der Waals surface area contributed by atoms with Crippen LogP contribution in [0.5, 0.6) is 0 Å². The number of hydrogen-bond donors (Lipinski definition) is 3. The topological polar surface area (TPSA) is 69.6 Å². The maximum Gasteiger partial charge on any atom is 0.220 e. The SMILES string of the molecule is CC/C=C\C/C=C\C/C=C\C/C=C\C/C=C\C/C=C\CCCCCCCCCCCCCCCCCCC(=O)NC(CO)C(O)/C=C/CC/C=C/CC/C=C/CCCCCCCCCCCCCCCCCCCC. The highest BCUT2D eigenvalue weighted by atomic mass is 16.3. The van der Waals surface area contributed by atoms with Crippen LogP contribution < -0.4 is 5.32 Å². The lowest BCUT2D eigenvalue weighted by Gasteiger charge is -2.19. The summed E-state index contributed by atoms with van der Waals surface area (Å²) in [6.45, 7) is 4.20. The molecule has 0 aliphatic heterocycles. The predicted molar refractivity (Wildman–Crippen MR) is 336 cm³/mol. The van der Waals surface area contributed by atoms with Crippen molar-refractivity contribution in [1.29, 1.82) is 0 Å². The second kappa shape index (κ2) is 65.3. The standard InChI is InChI=1S/C71H125NO3/c1-3-5-7-9-11-13-15-17-19-21-23-25-27-29-31-33-34-35-36-37-38-39-41-43-45-47-49-51-53-55-57-59-61-63-65-67-71(75)72-69(68-73)70(74)66-64-62-60-58-56-54-52-50-48-46-44-42-40-32-30-28-26-24-22-20-18-16-14-12-10-8-6-4-2/h5,7,11,13,17,19,23,25,29,31,34-35,48,50,56,58,64,66,69-70,73-74H,3-4,6,8-10,12,14-16,18,20-22,24,26-28,30,32-33,36-47,49,51-55,57,59-63,65,67-68H2,1-2H3,(H,72,75)/b7-5-,13-11-,19-17-,25-23-,31-29-,35-34-,50-48+,58-56+,66-64+. The molecule has 0 spiro atoms. The van der Waals surface area contributed by atoms with Gasteiger partial charge in [0, 0.05) is 6.42 Å². The van der Waals surface area contributed by atoms with Crippen molar-refractivity contribution in [1.82, 2.24) is 5.32 Å². The van der Waals surface area contributed by atoms with Gasteiger partial charge in [0.05, 0.1) is 18.8 Å². The molecule has 1 amide bonds. The van der Waals surface area contributed by atoms with E-state index in [2.05, 4.69) is 116 Å². The average molecular weight is 1040 g/mol. The predicted octanol–water partition coefficient (Wildman–Crippen LogP) is 22.2. The summed E-state index contributed by atoms with van der Waals surface area (Å²) in [4.78, 5) is 12.5. The molecule has 4 heteroatoms. The molecule has 0 aliphatic carbocycles. The Morgan fingerprint density at radius 2 is 0.600 bits per heavy atom. The highest BCUT2D eigenvalue weighted by molar-refractivity contribution is 5.76. The number of carbonyl (C=O) groups excluding carboxylic acids is 1. The van der Waals surface area contributed by atoms with E-state index in [0.29, 0.717) is 6.42 Å². The lowest BCUT2D eigenvalue weighted by Crippen LogP contribution is -2.45. The van der Waals surface area contributed by atoms with Crippen LogP contribution in [0.3, 0.4) is 0 Å². The van der Waals surface area contributed by atoms with Crippen molar-refractivity contribution in [3.05, 3.63) is 109 Å². The number of rotatable bonds is 59. The largest absolute Gasteiger partial charge is 0.394 e. The summed E-state index contributed by atoms with van der Waals surface area (Å²) in [5.74, 6) is -0.0780. The summed E-state index contributed by atoms with van der Waals surface area (Å²) >= 11 is 0. The third-order valence-corrected chi connectivity index (χ3v) is 14.5. The zero-order valence-electron chi connectivity index (χ0n) is 49.8. The van der Waals surface area contributed by atoms with Crippen LogP contribution in [0.25, 0.3) is 0 Å². The van der Waals surface area contributed by atoms with Gasteiger partial charge in [-0.1, -0.05) is 322 Å². The Bertz CT molecular complexity index is 1410. The van der Waals surface area contributed by atoms with Crippen LogP contribution in [-0.4, -0.2) is 34.9 Å². The van der Waals surface area contributed by atoms with Gasteiger partial charge < -0.3 is 15.5 Å². The fourth-order valence-electron chi connectivity index (χ4n) is 9.57. The fraction of sp³-hybridized carbons (Fsp3) is 0.732. The number of hydrogen-bond acceptors (Lipinski definition) is 3. The molecule has 0 radical (unpaired) electrons. The van der Waals surface area contributed by atoms with Gasteiger partial charge in [-0.2, -0.15) is 0 Å². The minimum atomic E-state index is -0.877. The van der Waals surface area contributed by atoms with Gasteiger partial charge >= 0.3 is 0 Å². The van der Waals surface area contributed by atoms with E-state index in [1.807, 2.05) is 6.08 Å². The smallest absolute Gasteiger partial charge is 0.220 e. The molecule has 0 saturated heterocycles.